The van der Waals surface area contributed by atoms with Crippen LogP contribution in [0.4, 0.5) is 4.39 Å². The molecule has 2 rings (SSSR count). The summed E-state index contributed by atoms with van der Waals surface area (Å²) in [5, 5.41) is 0.154. The quantitative estimate of drug-likeness (QED) is 0.874. The number of ether oxygens (including phenoxy) is 1. The number of hydrogen-bond donors (Lipinski definition) is 0. The van der Waals surface area contributed by atoms with Crippen LogP contribution in [0, 0.1) is 5.82 Å². The van der Waals surface area contributed by atoms with E-state index in [9.17, 15) is 12.8 Å². The van der Waals surface area contributed by atoms with Gasteiger partial charge in [0.15, 0.2) is 9.84 Å². The maximum absolute atomic E-state index is 13.9. The Morgan fingerprint density at radius 2 is 2.00 bits per heavy atom. The first-order valence-corrected chi connectivity index (χ1v) is 7.79. The summed E-state index contributed by atoms with van der Waals surface area (Å²) in [6.07, 6.45) is 2.26. The zero-order valence-corrected chi connectivity index (χ0v) is 12.3. The monoisotopic (exact) mass is 315 g/mol. The second-order valence-corrected chi connectivity index (χ2v) is 6.54. The molecule has 0 radical (unpaired) electrons. The van der Waals surface area contributed by atoms with E-state index >= 15 is 0 Å². The van der Waals surface area contributed by atoms with Crippen molar-refractivity contribution in [2.24, 2.45) is 0 Å². The van der Waals surface area contributed by atoms with E-state index in [0.717, 1.165) is 12.3 Å². The van der Waals surface area contributed by atoms with Gasteiger partial charge in [0.2, 0.25) is 0 Å². The zero-order valence-electron chi connectivity index (χ0n) is 10.7. The lowest BCUT2D eigenvalue weighted by molar-refractivity contribution is 0.414. The fraction of sp³-hybridized carbons (Fsp3) is 0.154. The van der Waals surface area contributed by atoms with Gasteiger partial charge in [0.25, 0.3) is 0 Å². The molecule has 1 heterocycles. The van der Waals surface area contributed by atoms with Crippen LogP contribution in [0.15, 0.2) is 35.4 Å². The number of benzene rings is 1. The molecule has 20 heavy (non-hydrogen) atoms. The second-order valence-electron chi connectivity index (χ2n) is 4.12. The third-order valence-corrected chi connectivity index (χ3v) is 4.08. The van der Waals surface area contributed by atoms with E-state index in [0.29, 0.717) is 11.4 Å². The summed E-state index contributed by atoms with van der Waals surface area (Å²) in [4.78, 5) is 4.04. The van der Waals surface area contributed by atoms with Gasteiger partial charge < -0.3 is 4.74 Å². The molecule has 2 aromatic rings. The van der Waals surface area contributed by atoms with Gasteiger partial charge in [0.1, 0.15) is 11.6 Å². The van der Waals surface area contributed by atoms with Gasteiger partial charge in [0.05, 0.1) is 22.7 Å². The molecule has 0 bridgehead atoms. The van der Waals surface area contributed by atoms with E-state index in [1.807, 2.05) is 0 Å². The van der Waals surface area contributed by atoms with Crippen molar-refractivity contribution in [2.75, 3.05) is 13.4 Å². The lowest BCUT2D eigenvalue weighted by Gasteiger charge is -2.08. The number of methoxy groups -OCH3 is 1. The average molecular weight is 316 g/mol. The number of halogens is 2. The summed E-state index contributed by atoms with van der Waals surface area (Å²) < 4.78 is 41.6. The van der Waals surface area contributed by atoms with Crippen LogP contribution >= 0.6 is 11.6 Å². The van der Waals surface area contributed by atoms with Gasteiger partial charge in [-0.2, -0.15) is 0 Å². The molecular formula is C13H11ClFNO3S. The Bertz CT molecular complexity index is 745. The predicted octanol–water partition coefficient (Wildman–Crippen LogP) is 2.95. The van der Waals surface area contributed by atoms with Crippen molar-refractivity contribution in [2.45, 2.75) is 4.90 Å². The van der Waals surface area contributed by atoms with E-state index in [1.54, 1.807) is 0 Å². The molecule has 1 aromatic carbocycles. The first-order chi connectivity index (χ1) is 9.32. The van der Waals surface area contributed by atoms with Crippen molar-refractivity contribution < 1.29 is 17.5 Å². The van der Waals surface area contributed by atoms with Crippen LogP contribution in [0.2, 0.25) is 5.02 Å². The third kappa shape index (κ3) is 2.91. The van der Waals surface area contributed by atoms with Crippen LogP contribution in [-0.2, 0) is 9.84 Å². The van der Waals surface area contributed by atoms with E-state index in [4.69, 9.17) is 16.3 Å². The Kier molecular flexibility index (Phi) is 3.96. The van der Waals surface area contributed by atoms with Crippen LogP contribution in [-0.4, -0.2) is 26.8 Å². The highest BCUT2D eigenvalue weighted by molar-refractivity contribution is 7.90. The third-order valence-electron chi connectivity index (χ3n) is 2.68. The Balaban J connectivity index is 2.52. The highest BCUT2D eigenvalue weighted by Gasteiger charge is 2.13. The molecule has 7 heteroatoms. The minimum atomic E-state index is -3.33. The summed E-state index contributed by atoms with van der Waals surface area (Å²) >= 11 is 5.81. The highest BCUT2D eigenvalue weighted by atomic mass is 35.5. The minimum Gasteiger partial charge on any atom is -0.495 e. The Morgan fingerprint density at radius 3 is 2.50 bits per heavy atom. The first-order valence-electron chi connectivity index (χ1n) is 5.52. The lowest BCUT2D eigenvalue weighted by Crippen LogP contribution is -1.98. The smallest absolute Gasteiger partial charge is 0.177 e. The standard InChI is InChI=1S/C13H11ClFNO3S/c1-19-13-5-9(11(15)6-10(13)14)12-4-3-8(7-16-12)20(2,17)18/h3-7H,1-2H3. The van der Waals surface area contributed by atoms with E-state index in [-0.39, 0.29) is 15.5 Å². The van der Waals surface area contributed by atoms with Crippen molar-refractivity contribution in [3.8, 4) is 17.0 Å². The van der Waals surface area contributed by atoms with Crippen LogP contribution in [0.3, 0.4) is 0 Å². The number of aromatic nitrogens is 1. The van der Waals surface area contributed by atoms with Crippen LogP contribution < -0.4 is 4.74 Å². The molecule has 0 atom stereocenters. The van der Waals surface area contributed by atoms with E-state index in [1.165, 1.54) is 31.5 Å². The average Bonchev–Trinajstić information content (AvgIpc) is 2.38. The van der Waals surface area contributed by atoms with Crippen molar-refractivity contribution in [1.29, 1.82) is 0 Å². The largest absolute Gasteiger partial charge is 0.495 e. The molecule has 0 spiro atoms. The fourth-order valence-corrected chi connectivity index (χ4v) is 2.43. The van der Waals surface area contributed by atoms with Crippen molar-refractivity contribution >= 4 is 21.4 Å². The number of nitrogens with zero attached hydrogens (tertiary/aromatic N) is 1. The summed E-state index contributed by atoms with van der Waals surface area (Å²) in [6.45, 7) is 0. The second kappa shape index (κ2) is 5.38. The lowest BCUT2D eigenvalue weighted by atomic mass is 10.1. The first kappa shape index (κ1) is 14.7. The normalized spacial score (nSPS) is 11.4. The van der Waals surface area contributed by atoms with Gasteiger partial charge in [-0.25, -0.2) is 12.8 Å². The summed E-state index contributed by atoms with van der Waals surface area (Å²) in [5.74, 6) is -0.243. The Hall–Kier alpha value is -1.66. The summed E-state index contributed by atoms with van der Waals surface area (Å²) in [5.41, 5.74) is 0.483. The minimum absolute atomic E-state index is 0.0718. The fourth-order valence-electron chi connectivity index (χ4n) is 1.64. The molecule has 0 saturated carbocycles. The highest BCUT2D eigenvalue weighted by Crippen LogP contribution is 2.32. The maximum Gasteiger partial charge on any atom is 0.177 e. The van der Waals surface area contributed by atoms with Crippen LogP contribution in [0.25, 0.3) is 11.3 Å². The number of sulfone groups is 1. The topological polar surface area (TPSA) is 56.3 Å². The molecule has 0 saturated heterocycles. The van der Waals surface area contributed by atoms with Crippen molar-refractivity contribution in [3.05, 3.63) is 41.3 Å². The zero-order chi connectivity index (χ0) is 14.9. The molecule has 0 aliphatic rings. The van der Waals surface area contributed by atoms with Gasteiger partial charge in [-0.3, -0.25) is 4.98 Å². The molecule has 1 aromatic heterocycles. The van der Waals surface area contributed by atoms with E-state index in [2.05, 4.69) is 4.98 Å². The maximum atomic E-state index is 13.9. The Labute approximate surface area is 121 Å². The van der Waals surface area contributed by atoms with Gasteiger partial charge in [-0.15, -0.1) is 0 Å². The van der Waals surface area contributed by atoms with Gasteiger partial charge in [-0.05, 0) is 24.3 Å². The molecule has 0 N–H and O–H groups in total. The van der Waals surface area contributed by atoms with Crippen LogP contribution in [0.1, 0.15) is 0 Å². The SMILES string of the molecule is COc1cc(-c2ccc(S(C)(=O)=O)cn2)c(F)cc1Cl. The Morgan fingerprint density at radius 1 is 1.30 bits per heavy atom. The molecule has 0 unspecified atom stereocenters. The molecule has 0 fully saturated rings. The molecule has 0 aliphatic heterocycles. The van der Waals surface area contributed by atoms with Gasteiger partial charge in [0, 0.05) is 18.0 Å². The molecule has 0 aliphatic carbocycles. The molecule has 106 valence electrons. The number of hydrogen-bond acceptors (Lipinski definition) is 4. The predicted molar refractivity (Wildman–Crippen MR) is 74.3 cm³/mol. The molecular weight excluding hydrogens is 305 g/mol. The molecule has 0 amide bonds. The summed E-state index contributed by atoms with van der Waals surface area (Å²) in [7, 11) is -1.91. The summed E-state index contributed by atoms with van der Waals surface area (Å²) in [6, 6.07) is 5.35. The van der Waals surface area contributed by atoms with Crippen molar-refractivity contribution in [3.63, 3.8) is 0 Å². The molecule has 4 nitrogen and oxygen atoms in total. The van der Waals surface area contributed by atoms with Crippen LogP contribution in [0.5, 0.6) is 5.75 Å². The van der Waals surface area contributed by atoms with E-state index < -0.39 is 15.7 Å². The number of pyridine rings is 1. The van der Waals surface area contributed by atoms with Gasteiger partial charge >= 0.3 is 0 Å². The van der Waals surface area contributed by atoms with Gasteiger partial charge in [-0.1, -0.05) is 11.6 Å². The number of rotatable bonds is 3. The van der Waals surface area contributed by atoms with Crippen molar-refractivity contribution in [1.82, 2.24) is 4.98 Å².